The summed E-state index contributed by atoms with van der Waals surface area (Å²) in [5.74, 6) is -0.309. The Kier molecular flexibility index (Phi) is 5.13. The van der Waals surface area contributed by atoms with Gasteiger partial charge in [0.05, 0.1) is 24.8 Å². The van der Waals surface area contributed by atoms with Gasteiger partial charge in [0, 0.05) is 19.5 Å². The molecule has 25 heavy (non-hydrogen) atoms. The summed E-state index contributed by atoms with van der Waals surface area (Å²) in [4.78, 5) is 13.8. The zero-order valence-corrected chi connectivity index (χ0v) is 14.1. The number of likely N-dealkylation sites (tertiary alicyclic amines) is 1. The monoisotopic (exact) mass is 336 g/mol. The first-order valence-electron chi connectivity index (χ1n) is 8.20. The van der Waals surface area contributed by atoms with E-state index in [1.165, 1.54) is 7.11 Å². The van der Waals surface area contributed by atoms with E-state index >= 15 is 0 Å². The van der Waals surface area contributed by atoms with Gasteiger partial charge in [0.15, 0.2) is 0 Å². The molecular formula is C20H20N2O3. The van der Waals surface area contributed by atoms with Crippen molar-refractivity contribution in [2.45, 2.75) is 25.1 Å². The van der Waals surface area contributed by atoms with Gasteiger partial charge in [-0.1, -0.05) is 42.5 Å². The maximum atomic E-state index is 11.9. The number of esters is 1. The molecule has 2 aromatic rings. The van der Waals surface area contributed by atoms with Gasteiger partial charge in [-0.3, -0.25) is 9.69 Å². The maximum absolute atomic E-state index is 11.9. The Hall–Kier alpha value is -2.68. The van der Waals surface area contributed by atoms with E-state index in [2.05, 4.69) is 6.07 Å². The van der Waals surface area contributed by atoms with Crippen LogP contribution in [0, 0.1) is 11.3 Å². The third kappa shape index (κ3) is 3.71. The summed E-state index contributed by atoms with van der Waals surface area (Å²) in [6.07, 6.45) is -0.105. The number of methoxy groups -OCH3 is 1. The van der Waals surface area contributed by atoms with E-state index in [4.69, 9.17) is 4.74 Å². The second kappa shape index (κ2) is 7.47. The predicted octanol–water partition coefficient (Wildman–Crippen LogP) is 2.33. The molecule has 1 aliphatic rings. The number of aliphatic hydroxyl groups excluding tert-OH is 1. The van der Waals surface area contributed by atoms with E-state index in [0.717, 1.165) is 16.7 Å². The zero-order valence-electron chi connectivity index (χ0n) is 14.1. The van der Waals surface area contributed by atoms with Crippen LogP contribution in [0.2, 0.25) is 0 Å². The smallest absolute Gasteiger partial charge is 0.323 e. The van der Waals surface area contributed by atoms with Crippen LogP contribution in [0.25, 0.3) is 11.1 Å². The van der Waals surface area contributed by atoms with Crippen molar-refractivity contribution in [3.8, 4) is 17.2 Å². The van der Waals surface area contributed by atoms with Crippen LogP contribution in [0.4, 0.5) is 0 Å². The van der Waals surface area contributed by atoms with Gasteiger partial charge in [-0.05, 0) is 22.8 Å². The van der Waals surface area contributed by atoms with Crippen molar-refractivity contribution in [3.05, 3.63) is 59.7 Å². The second-order valence-corrected chi connectivity index (χ2v) is 6.21. The summed E-state index contributed by atoms with van der Waals surface area (Å²) in [5, 5.41) is 19.1. The summed E-state index contributed by atoms with van der Waals surface area (Å²) < 4.78 is 4.83. The first-order valence-corrected chi connectivity index (χ1v) is 8.20. The highest BCUT2D eigenvalue weighted by atomic mass is 16.5. The van der Waals surface area contributed by atoms with Gasteiger partial charge >= 0.3 is 5.97 Å². The molecule has 0 unspecified atom stereocenters. The zero-order chi connectivity index (χ0) is 17.8. The molecule has 1 N–H and O–H groups in total. The number of ether oxygens (including phenoxy) is 1. The highest BCUT2D eigenvalue weighted by Crippen LogP contribution is 2.25. The summed E-state index contributed by atoms with van der Waals surface area (Å²) in [6, 6.07) is 17.2. The molecule has 0 spiro atoms. The third-order valence-corrected chi connectivity index (χ3v) is 4.55. The number of carbonyl (C=O) groups excluding carboxylic acids is 1. The van der Waals surface area contributed by atoms with Crippen LogP contribution in [0.3, 0.4) is 0 Å². The number of benzene rings is 2. The predicted molar refractivity (Wildman–Crippen MR) is 93.4 cm³/mol. The van der Waals surface area contributed by atoms with Gasteiger partial charge < -0.3 is 9.84 Å². The van der Waals surface area contributed by atoms with Crippen molar-refractivity contribution >= 4 is 5.97 Å². The Bertz CT molecular complexity index is 795. The molecule has 1 saturated heterocycles. The van der Waals surface area contributed by atoms with Crippen LogP contribution in [0.1, 0.15) is 17.5 Å². The number of hydrogen-bond acceptors (Lipinski definition) is 5. The van der Waals surface area contributed by atoms with Crippen molar-refractivity contribution in [1.82, 2.24) is 4.90 Å². The highest BCUT2D eigenvalue weighted by Gasteiger charge is 2.36. The van der Waals surface area contributed by atoms with Gasteiger partial charge in [-0.15, -0.1) is 0 Å². The lowest BCUT2D eigenvalue weighted by molar-refractivity contribution is -0.146. The molecule has 0 saturated carbocycles. The van der Waals surface area contributed by atoms with Gasteiger partial charge in [-0.2, -0.15) is 5.26 Å². The van der Waals surface area contributed by atoms with Crippen LogP contribution < -0.4 is 0 Å². The van der Waals surface area contributed by atoms with Crippen LogP contribution in [0.5, 0.6) is 0 Å². The molecule has 2 atom stereocenters. The van der Waals surface area contributed by atoms with E-state index in [1.54, 1.807) is 6.07 Å². The minimum atomic E-state index is -0.508. The largest absolute Gasteiger partial charge is 0.468 e. The minimum absolute atomic E-state index is 0.309. The number of hydrogen-bond donors (Lipinski definition) is 1. The Morgan fingerprint density at radius 3 is 2.68 bits per heavy atom. The SMILES string of the molecule is COC(=O)[C@@H]1C[C@@H](O)CN1Cc1ccc(-c2ccccc2C#N)cc1. The lowest BCUT2D eigenvalue weighted by Crippen LogP contribution is -2.36. The van der Waals surface area contributed by atoms with Crippen molar-refractivity contribution in [2.24, 2.45) is 0 Å². The van der Waals surface area contributed by atoms with Crippen LogP contribution >= 0.6 is 0 Å². The molecule has 1 fully saturated rings. The van der Waals surface area contributed by atoms with Crippen molar-refractivity contribution in [1.29, 1.82) is 5.26 Å². The number of rotatable bonds is 4. The standard InChI is InChI=1S/C20H20N2O3/c1-25-20(24)19-10-17(23)13-22(19)12-14-6-8-15(9-7-14)18-5-3-2-4-16(18)11-21/h2-9,17,19,23H,10,12-13H2,1H3/t17-,19+/m1/s1. The molecule has 0 aliphatic carbocycles. The first kappa shape index (κ1) is 17.2. The average Bonchev–Trinajstić information content (AvgIpc) is 3.02. The Morgan fingerprint density at radius 2 is 2.00 bits per heavy atom. The van der Waals surface area contributed by atoms with E-state index in [1.807, 2.05) is 47.4 Å². The molecule has 1 heterocycles. The minimum Gasteiger partial charge on any atom is -0.468 e. The molecule has 1 aliphatic heterocycles. The fourth-order valence-corrected chi connectivity index (χ4v) is 3.29. The van der Waals surface area contributed by atoms with Gasteiger partial charge in [0.25, 0.3) is 0 Å². The van der Waals surface area contributed by atoms with Gasteiger partial charge in [-0.25, -0.2) is 0 Å². The molecule has 3 rings (SSSR count). The second-order valence-electron chi connectivity index (χ2n) is 6.21. The maximum Gasteiger partial charge on any atom is 0.323 e. The molecule has 0 aromatic heterocycles. The summed E-state index contributed by atoms with van der Waals surface area (Å²) >= 11 is 0. The lowest BCUT2D eigenvalue weighted by Gasteiger charge is -2.22. The molecule has 0 radical (unpaired) electrons. The Balaban J connectivity index is 1.77. The number of nitriles is 1. The van der Waals surface area contributed by atoms with E-state index < -0.39 is 12.1 Å². The molecule has 0 bridgehead atoms. The van der Waals surface area contributed by atoms with Gasteiger partial charge in [0.2, 0.25) is 0 Å². The van der Waals surface area contributed by atoms with E-state index in [-0.39, 0.29) is 5.97 Å². The number of nitrogens with zero attached hydrogens (tertiary/aromatic N) is 2. The first-order chi connectivity index (χ1) is 12.1. The number of aliphatic hydroxyl groups is 1. The van der Waals surface area contributed by atoms with Crippen molar-refractivity contribution in [2.75, 3.05) is 13.7 Å². The highest BCUT2D eigenvalue weighted by molar-refractivity contribution is 5.76. The number of carbonyl (C=O) groups is 1. The van der Waals surface area contributed by atoms with Gasteiger partial charge in [0.1, 0.15) is 6.04 Å². The molecule has 128 valence electrons. The topological polar surface area (TPSA) is 73.6 Å². The molecule has 5 nitrogen and oxygen atoms in total. The molecule has 5 heteroatoms. The molecule has 2 aromatic carbocycles. The average molecular weight is 336 g/mol. The normalized spacial score (nSPS) is 20.2. The molecular weight excluding hydrogens is 316 g/mol. The Labute approximate surface area is 147 Å². The summed E-state index contributed by atoms with van der Waals surface area (Å²) in [5.41, 5.74) is 3.57. The van der Waals surface area contributed by atoms with Crippen molar-refractivity contribution < 1.29 is 14.6 Å². The quantitative estimate of drug-likeness (QED) is 0.868. The van der Waals surface area contributed by atoms with E-state index in [0.29, 0.717) is 25.1 Å². The summed E-state index contributed by atoms with van der Waals surface area (Å²) in [7, 11) is 1.37. The fourth-order valence-electron chi connectivity index (χ4n) is 3.29. The van der Waals surface area contributed by atoms with Crippen LogP contribution in [-0.4, -0.2) is 41.8 Å². The van der Waals surface area contributed by atoms with E-state index in [9.17, 15) is 15.2 Å². The third-order valence-electron chi connectivity index (χ3n) is 4.55. The lowest BCUT2D eigenvalue weighted by atomic mass is 9.99. The fraction of sp³-hybridized carbons (Fsp3) is 0.300. The van der Waals surface area contributed by atoms with Crippen LogP contribution in [0.15, 0.2) is 48.5 Å². The van der Waals surface area contributed by atoms with Crippen molar-refractivity contribution in [3.63, 3.8) is 0 Å². The molecule has 0 amide bonds. The number of β-amino-alcohol motifs (C(OH)–C–C–N with tert-alkyl or cyclic N) is 1. The summed E-state index contributed by atoms with van der Waals surface area (Å²) in [6.45, 7) is 1.02. The van der Waals surface area contributed by atoms with Crippen LogP contribution in [-0.2, 0) is 16.1 Å². The Morgan fingerprint density at radius 1 is 1.28 bits per heavy atom.